The first-order chi connectivity index (χ1) is 11.6. The maximum absolute atomic E-state index is 13.9. The third kappa shape index (κ3) is 3.00. The molecular weight excluding hydrogens is 313 g/mol. The molecule has 0 aliphatic heterocycles. The number of rotatable bonds is 6. The number of hydrogen-bond acceptors (Lipinski definition) is 6. The predicted molar refractivity (Wildman–Crippen MR) is 87.4 cm³/mol. The van der Waals surface area contributed by atoms with E-state index in [4.69, 9.17) is 9.84 Å². The molecule has 0 fully saturated rings. The Hall–Kier alpha value is -2.74. The second-order valence-corrected chi connectivity index (χ2v) is 5.31. The number of benzene rings is 1. The molecule has 0 aliphatic carbocycles. The number of halogens is 1. The van der Waals surface area contributed by atoms with Gasteiger partial charge in [0.05, 0.1) is 37.9 Å². The predicted octanol–water partition coefficient (Wildman–Crippen LogP) is 2.14. The molecule has 0 amide bonds. The van der Waals surface area contributed by atoms with Crippen molar-refractivity contribution in [2.75, 3.05) is 19.0 Å². The molecule has 8 heteroatoms. The first-order valence-corrected chi connectivity index (χ1v) is 7.51. The van der Waals surface area contributed by atoms with Crippen LogP contribution in [0.3, 0.4) is 0 Å². The third-order valence-corrected chi connectivity index (χ3v) is 3.77. The van der Waals surface area contributed by atoms with Crippen molar-refractivity contribution in [3.05, 3.63) is 42.1 Å². The van der Waals surface area contributed by atoms with E-state index >= 15 is 0 Å². The Kier molecular flexibility index (Phi) is 4.57. The van der Waals surface area contributed by atoms with Gasteiger partial charge in [0.25, 0.3) is 0 Å². The summed E-state index contributed by atoms with van der Waals surface area (Å²) in [5, 5.41) is 17.3. The summed E-state index contributed by atoms with van der Waals surface area (Å²) in [4.78, 5) is 8.44. The van der Waals surface area contributed by atoms with Crippen LogP contribution in [0.4, 0.5) is 10.2 Å². The molecule has 24 heavy (non-hydrogen) atoms. The van der Waals surface area contributed by atoms with E-state index in [-0.39, 0.29) is 18.4 Å². The Morgan fingerprint density at radius 1 is 1.38 bits per heavy atom. The van der Waals surface area contributed by atoms with Crippen molar-refractivity contribution < 1.29 is 14.2 Å². The van der Waals surface area contributed by atoms with Crippen LogP contribution in [-0.2, 0) is 6.54 Å². The van der Waals surface area contributed by atoms with E-state index < -0.39 is 5.82 Å². The summed E-state index contributed by atoms with van der Waals surface area (Å²) in [6, 6.07) is 4.65. The fourth-order valence-electron chi connectivity index (χ4n) is 2.51. The highest BCUT2D eigenvalue weighted by molar-refractivity contribution is 5.86. The van der Waals surface area contributed by atoms with Crippen molar-refractivity contribution in [3.63, 3.8) is 0 Å². The van der Waals surface area contributed by atoms with Crippen molar-refractivity contribution in [1.82, 2.24) is 19.7 Å². The van der Waals surface area contributed by atoms with E-state index in [1.165, 1.54) is 19.5 Å². The number of anilines is 1. The molecule has 2 N–H and O–H groups in total. The van der Waals surface area contributed by atoms with E-state index in [9.17, 15) is 4.39 Å². The summed E-state index contributed by atoms with van der Waals surface area (Å²) in [5.74, 6) is 0.404. The monoisotopic (exact) mass is 331 g/mol. The summed E-state index contributed by atoms with van der Waals surface area (Å²) < 4.78 is 20.4. The van der Waals surface area contributed by atoms with Crippen LogP contribution in [-0.4, -0.2) is 38.6 Å². The molecule has 126 valence electrons. The van der Waals surface area contributed by atoms with E-state index in [0.717, 1.165) is 10.9 Å². The van der Waals surface area contributed by atoms with Gasteiger partial charge in [-0.05, 0) is 24.6 Å². The SMILES string of the molecule is COc1ccc([C@@H](C)Nc2ncnc3c2cnn3CCO)cc1F. The summed E-state index contributed by atoms with van der Waals surface area (Å²) in [5.41, 5.74) is 1.40. The summed E-state index contributed by atoms with van der Waals surface area (Å²) in [7, 11) is 1.43. The zero-order valence-corrected chi connectivity index (χ0v) is 13.4. The van der Waals surface area contributed by atoms with Crippen LogP contribution in [0, 0.1) is 5.82 Å². The summed E-state index contributed by atoms with van der Waals surface area (Å²) in [6.45, 7) is 2.25. The fourth-order valence-corrected chi connectivity index (χ4v) is 2.51. The maximum atomic E-state index is 13.9. The number of methoxy groups -OCH3 is 1. The lowest BCUT2D eigenvalue weighted by molar-refractivity contribution is 0.271. The lowest BCUT2D eigenvalue weighted by Crippen LogP contribution is -2.09. The highest BCUT2D eigenvalue weighted by Gasteiger charge is 2.14. The molecule has 0 saturated heterocycles. The molecule has 0 radical (unpaired) electrons. The van der Waals surface area contributed by atoms with Gasteiger partial charge in [0.2, 0.25) is 0 Å². The van der Waals surface area contributed by atoms with Crippen LogP contribution in [0.2, 0.25) is 0 Å². The Labute approximate surface area is 138 Å². The second kappa shape index (κ2) is 6.79. The van der Waals surface area contributed by atoms with Gasteiger partial charge in [-0.15, -0.1) is 0 Å². The third-order valence-electron chi connectivity index (χ3n) is 3.77. The summed E-state index contributed by atoms with van der Waals surface area (Å²) >= 11 is 0. The van der Waals surface area contributed by atoms with Crippen LogP contribution in [0.15, 0.2) is 30.7 Å². The van der Waals surface area contributed by atoms with Gasteiger partial charge < -0.3 is 15.2 Å². The van der Waals surface area contributed by atoms with Crippen LogP contribution in [0.1, 0.15) is 18.5 Å². The molecule has 3 aromatic rings. The zero-order chi connectivity index (χ0) is 17.1. The maximum Gasteiger partial charge on any atom is 0.165 e. The smallest absolute Gasteiger partial charge is 0.165 e. The summed E-state index contributed by atoms with van der Waals surface area (Å²) in [6.07, 6.45) is 3.08. The Balaban J connectivity index is 1.88. The van der Waals surface area contributed by atoms with Gasteiger partial charge in [-0.25, -0.2) is 19.0 Å². The van der Waals surface area contributed by atoms with Gasteiger partial charge in [-0.1, -0.05) is 6.07 Å². The van der Waals surface area contributed by atoms with Crippen molar-refractivity contribution >= 4 is 16.9 Å². The molecule has 0 bridgehead atoms. The topological polar surface area (TPSA) is 85.1 Å². The van der Waals surface area contributed by atoms with Gasteiger partial charge in [0.15, 0.2) is 17.2 Å². The van der Waals surface area contributed by atoms with Crippen LogP contribution < -0.4 is 10.1 Å². The lowest BCUT2D eigenvalue weighted by atomic mass is 10.1. The number of hydrogen-bond donors (Lipinski definition) is 2. The quantitative estimate of drug-likeness (QED) is 0.720. The van der Waals surface area contributed by atoms with Crippen LogP contribution in [0.5, 0.6) is 5.75 Å². The Bertz CT molecular complexity index is 852. The van der Waals surface area contributed by atoms with Crippen molar-refractivity contribution in [2.45, 2.75) is 19.5 Å². The molecule has 1 aromatic carbocycles. The van der Waals surface area contributed by atoms with Gasteiger partial charge >= 0.3 is 0 Å². The number of aromatic nitrogens is 4. The molecule has 2 heterocycles. The molecule has 7 nitrogen and oxygen atoms in total. The molecule has 1 atom stereocenters. The van der Waals surface area contributed by atoms with Gasteiger partial charge in [-0.3, -0.25) is 0 Å². The van der Waals surface area contributed by atoms with Crippen LogP contribution in [0.25, 0.3) is 11.0 Å². The number of fused-ring (bicyclic) bond motifs is 1. The highest BCUT2D eigenvalue weighted by Crippen LogP contribution is 2.26. The van der Waals surface area contributed by atoms with E-state index in [2.05, 4.69) is 20.4 Å². The minimum Gasteiger partial charge on any atom is -0.494 e. The number of ether oxygens (including phenoxy) is 1. The zero-order valence-electron chi connectivity index (χ0n) is 13.4. The number of nitrogens with zero attached hydrogens (tertiary/aromatic N) is 4. The first kappa shape index (κ1) is 16.1. The normalized spacial score (nSPS) is 12.3. The first-order valence-electron chi connectivity index (χ1n) is 7.51. The molecule has 2 aromatic heterocycles. The average Bonchev–Trinajstić information content (AvgIpc) is 2.99. The molecule has 0 spiro atoms. The van der Waals surface area contributed by atoms with Gasteiger partial charge in [-0.2, -0.15) is 5.10 Å². The van der Waals surface area contributed by atoms with Crippen molar-refractivity contribution in [2.24, 2.45) is 0 Å². The molecule has 3 rings (SSSR count). The Morgan fingerprint density at radius 2 is 2.21 bits per heavy atom. The van der Waals surface area contributed by atoms with Crippen molar-refractivity contribution in [1.29, 1.82) is 0 Å². The second-order valence-electron chi connectivity index (χ2n) is 5.31. The van der Waals surface area contributed by atoms with Gasteiger partial charge in [0, 0.05) is 0 Å². The van der Waals surface area contributed by atoms with Crippen LogP contribution >= 0.6 is 0 Å². The molecular formula is C16H18FN5O2. The van der Waals surface area contributed by atoms with E-state index in [1.807, 2.05) is 6.92 Å². The van der Waals surface area contributed by atoms with Gasteiger partial charge in [0.1, 0.15) is 12.1 Å². The average molecular weight is 331 g/mol. The minimum absolute atomic E-state index is 0.0227. The molecule has 0 unspecified atom stereocenters. The largest absolute Gasteiger partial charge is 0.494 e. The van der Waals surface area contributed by atoms with Crippen molar-refractivity contribution in [3.8, 4) is 5.75 Å². The number of aliphatic hydroxyl groups is 1. The number of nitrogens with one attached hydrogen (secondary N) is 1. The number of aliphatic hydroxyl groups excluding tert-OH is 1. The minimum atomic E-state index is -0.410. The Morgan fingerprint density at radius 3 is 2.92 bits per heavy atom. The highest BCUT2D eigenvalue weighted by atomic mass is 19.1. The molecule has 0 aliphatic rings. The standard InChI is InChI=1S/C16H18FN5O2/c1-10(11-3-4-14(24-2)13(17)7-11)21-15-12-8-20-22(5-6-23)16(12)19-9-18-15/h3-4,7-10,23H,5-6H2,1-2H3,(H,18,19,21)/t10-/m1/s1. The molecule has 0 saturated carbocycles. The van der Waals surface area contributed by atoms with E-state index in [1.54, 1.807) is 23.0 Å². The van der Waals surface area contributed by atoms with E-state index in [0.29, 0.717) is 18.0 Å². The fraction of sp³-hybridized carbons (Fsp3) is 0.312. The lowest BCUT2D eigenvalue weighted by Gasteiger charge is -2.16.